The van der Waals surface area contributed by atoms with Gasteiger partial charge < -0.3 is 45.3 Å². The molecule has 34 heavy (non-hydrogen) atoms. The van der Waals surface area contributed by atoms with Crippen LogP contribution >= 0.6 is 0 Å². The van der Waals surface area contributed by atoms with Crippen molar-refractivity contribution in [1.82, 2.24) is 5.32 Å². The topological polar surface area (TPSA) is 184 Å². The SMILES string of the molecule is CNC(C)(C)C(C)C(=O)Nc1cc(COC(C)=O)ccc1O[C@@H]1O[C@H](C(=O)O)[C@@H](O)[C@H](O)[C@H]1O. The molecule has 0 spiro atoms. The second kappa shape index (κ2) is 11.1. The lowest BCUT2D eigenvalue weighted by Crippen LogP contribution is -2.61. The number of hydrogen-bond donors (Lipinski definition) is 6. The number of aliphatic carboxylic acids is 1. The van der Waals surface area contributed by atoms with Crippen LogP contribution in [-0.2, 0) is 30.5 Å². The van der Waals surface area contributed by atoms with Gasteiger partial charge >= 0.3 is 11.9 Å². The van der Waals surface area contributed by atoms with Gasteiger partial charge in [-0.05, 0) is 38.6 Å². The van der Waals surface area contributed by atoms with Crippen molar-refractivity contribution in [2.24, 2.45) is 5.92 Å². The summed E-state index contributed by atoms with van der Waals surface area (Å²) in [5, 5.41) is 45.2. The number of ether oxygens (including phenoxy) is 3. The third-order valence-electron chi connectivity index (χ3n) is 5.92. The van der Waals surface area contributed by atoms with Gasteiger partial charge in [0.25, 0.3) is 0 Å². The van der Waals surface area contributed by atoms with Crippen molar-refractivity contribution in [1.29, 1.82) is 0 Å². The highest BCUT2D eigenvalue weighted by Crippen LogP contribution is 2.32. The van der Waals surface area contributed by atoms with Gasteiger partial charge in [0, 0.05) is 12.5 Å². The number of amides is 1. The summed E-state index contributed by atoms with van der Waals surface area (Å²) in [6.07, 6.45) is -9.02. The maximum atomic E-state index is 12.9. The summed E-state index contributed by atoms with van der Waals surface area (Å²) in [7, 11) is 1.72. The fraction of sp³-hybridized carbons (Fsp3) is 0.591. The molecule has 190 valence electrons. The number of carboxylic acids is 1. The summed E-state index contributed by atoms with van der Waals surface area (Å²) in [6, 6.07) is 4.43. The van der Waals surface area contributed by atoms with Crippen molar-refractivity contribution < 1.29 is 49.0 Å². The van der Waals surface area contributed by atoms with E-state index in [9.17, 15) is 34.8 Å². The molecule has 1 aliphatic rings. The van der Waals surface area contributed by atoms with Crippen LogP contribution in [0.2, 0.25) is 0 Å². The number of benzene rings is 1. The van der Waals surface area contributed by atoms with E-state index in [1.54, 1.807) is 14.0 Å². The maximum Gasteiger partial charge on any atom is 0.335 e. The minimum absolute atomic E-state index is 0.00818. The summed E-state index contributed by atoms with van der Waals surface area (Å²) >= 11 is 0. The number of aliphatic hydroxyl groups is 3. The Labute approximate surface area is 196 Å². The molecular weight excluding hydrogens is 452 g/mol. The summed E-state index contributed by atoms with van der Waals surface area (Å²) < 4.78 is 15.8. The van der Waals surface area contributed by atoms with E-state index in [1.165, 1.54) is 25.1 Å². The number of rotatable bonds is 9. The predicted octanol–water partition coefficient (Wildman–Crippen LogP) is -0.407. The summed E-state index contributed by atoms with van der Waals surface area (Å²) in [5.41, 5.74) is 0.0944. The van der Waals surface area contributed by atoms with Gasteiger partial charge in [0.2, 0.25) is 12.2 Å². The summed E-state index contributed by atoms with van der Waals surface area (Å²) in [5.74, 6) is -2.95. The van der Waals surface area contributed by atoms with E-state index in [0.717, 1.165) is 0 Å². The second-order valence-electron chi connectivity index (χ2n) is 8.65. The molecular formula is C22H32N2O10. The van der Waals surface area contributed by atoms with E-state index in [1.807, 2.05) is 13.8 Å². The van der Waals surface area contributed by atoms with Crippen molar-refractivity contribution in [3.63, 3.8) is 0 Å². The first-order valence-electron chi connectivity index (χ1n) is 10.6. The number of carbonyl (C=O) groups is 3. The van der Waals surface area contributed by atoms with E-state index in [-0.39, 0.29) is 24.0 Å². The predicted molar refractivity (Wildman–Crippen MR) is 118 cm³/mol. The van der Waals surface area contributed by atoms with Crippen LogP contribution in [0.15, 0.2) is 18.2 Å². The molecule has 1 fully saturated rings. The molecule has 1 aromatic carbocycles. The Morgan fingerprint density at radius 1 is 1.15 bits per heavy atom. The first-order valence-corrected chi connectivity index (χ1v) is 10.6. The molecule has 2 rings (SSSR count). The van der Waals surface area contributed by atoms with E-state index in [2.05, 4.69) is 10.6 Å². The molecule has 0 radical (unpaired) electrons. The van der Waals surface area contributed by atoms with Crippen LogP contribution in [0.4, 0.5) is 5.69 Å². The van der Waals surface area contributed by atoms with Gasteiger partial charge in [-0.3, -0.25) is 9.59 Å². The molecule has 1 heterocycles. The van der Waals surface area contributed by atoms with E-state index in [0.29, 0.717) is 5.56 Å². The number of nitrogens with one attached hydrogen (secondary N) is 2. The molecule has 0 aliphatic carbocycles. The Kier molecular flexibility index (Phi) is 8.97. The number of esters is 1. The third-order valence-corrected chi connectivity index (χ3v) is 5.92. The van der Waals surface area contributed by atoms with Crippen LogP contribution in [0.5, 0.6) is 5.75 Å². The van der Waals surface area contributed by atoms with Gasteiger partial charge in [0.15, 0.2) is 6.10 Å². The van der Waals surface area contributed by atoms with Gasteiger partial charge in [0.05, 0.1) is 11.6 Å². The van der Waals surface area contributed by atoms with Crippen molar-refractivity contribution in [2.75, 3.05) is 12.4 Å². The van der Waals surface area contributed by atoms with Crippen LogP contribution in [0.25, 0.3) is 0 Å². The first-order chi connectivity index (χ1) is 15.8. The van der Waals surface area contributed by atoms with Crippen molar-refractivity contribution in [3.05, 3.63) is 23.8 Å². The van der Waals surface area contributed by atoms with Crippen LogP contribution < -0.4 is 15.4 Å². The summed E-state index contributed by atoms with van der Waals surface area (Å²) in [6.45, 7) is 6.58. The molecule has 1 amide bonds. The van der Waals surface area contributed by atoms with Crippen molar-refractivity contribution in [2.45, 2.75) is 70.5 Å². The molecule has 6 atom stereocenters. The highest BCUT2D eigenvalue weighted by atomic mass is 16.7. The van der Waals surface area contributed by atoms with Gasteiger partial charge in [-0.25, -0.2) is 4.79 Å². The van der Waals surface area contributed by atoms with Gasteiger partial charge in [0.1, 0.15) is 30.7 Å². The molecule has 12 nitrogen and oxygen atoms in total. The average molecular weight is 485 g/mol. The van der Waals surface area contributed by atoms with Crippen LogP contribution in [0, 0.1) is 5.92 Å². The minimum atomic E-state index is -1.87. The maximum absolute atomic E-state index is 12.9. The molecule has 1 unspecified atom stereocenters. The standard InChI is InChI=1S/C22H32N2O10/c1-10(22(3,4)23-5)19(29)24-13-8-12(9-32-11(2)25)6-7-14(13)33-21-17(28)15(26)16(27)18(34-21)20(30)31/h6-8,10,15-18,21,23,26-28H,9H2,1-5H3,(H,24,29)(H,30,31)/t10?,15-,16-,17+,18-,21+/m0/s1. The lowest BCUT2D eigenvalue weighted by molar-refractivity contribution is -0.271. The zero-order valence-electron chi connectivity index (χ0n) is 19.6. The normalized spacial score (nSPS) is 25.8. The molecule has 12 heteroatoms. The number of carboxylic acid groups (broad SMARTS) is 1. The van der Waals surface area contributed by atoms with Crippen LogP contribution in [-0.4, -0.2) is 81.6 Å². The smallest absolute Gasteiger partial charge is 0.335 e. The van der Waals surface area contributed by atoms with Gasteiger partial charge in [-0.2, -0.15) is 0 Å². The third kappa shape index (κ3) is 6.42. The highest BCUT2D eigenvalue weighted by molar-refractivity contribution is 5.94. The fourth-order valence-electron chi connectivity index (χ4n) is 3.11. The van der Waals surface area contributed by atoms with Crippen LogP contribution in [0.1, 0.15) is 33.3 Å². The van der Waals surface area contributed by atoms with Crippen LogP contribution in [0.3, 0.4) is 0 Å². The van der Waals surface area contributed by atoms with E-state index in [4.69, 9.17) is 14.2 Å². The van der Waals surface area contributed by atoms with Gasteiger partial charge in [-0.15, -0.1) is 0 Å². The quantitative estimate of drug-likeness (QED) is 0.251. The second-order valence-corrected chi connectivity index (χ2v) is 8.65. The zero-order chi connectivity index (χ0) is 25.8. The summed E-state index contributed by atoms with van der Waals surface area (Å²) in [4.78, 5) is 35.4. The van der Waals surface area contributed by atoms with E-state index >= 15 is 0 Å². The zero-order valence-corrected chi connectivity index (χ0v) is 19.6. The molecule has 6 N–H and O–H groups in total. The number of aliphatic hydroxyl groups excluding tert-OH is 3. The minimum Gasteiger partial charge on any atom is -0.479 e. The number of carbonyl (C=O) groups excluding carboxylic acids is 2. The molecule has 0 aromatic heterocycles. The average Bonchev–Trinajstić information content (AvgIpc) is 2.78. The van der Waals surface area contributed by atoms with Crippen molar-refractivity contribution >= 4 is 23.5 Å². The Balaban J connectivity index is 2.35. The lowest BCUT2D eigenvalue weighted by atomic mass is 9.88. The highest BCUT2D eigenvalue weighted by Gasteiger charge is 2.48. The molecule has 1 aliphatic heterocycles. The van der Waals surface area contributed by atoms with E-state index < -0.39 is 54.1 Å². The Hall–Kier alpha value is -2.77. The monoisotopic (exact) mass is 484 g/mol. The molecule has 0 saturated carbocycles. The number of hydrogen-bond acceptors (Lipinski definition) is 10. The molecule has 0 bridgehead atoms. The lowest BCUT2D eigenvalue weighted by Gasteiger charge is -2.38. The molecule has 1 saturated heterocycles. The number of anilines is 1. The largest absolute Gasteiger partial charge is 0.479 e. The van der Waals surface area contributed by atoms with Gasteiger partial charge in [-0.1, -0.05) is 13.0 Å². The van der Waals surface area contributed by atoms with Crippen molar-refractivity contribution in [3.8, 4) is 5.75 Å². The first kappa shape index (κ1) is 27.5. The Morgan fingerprint density at radius 2 is 1.79 bits per heavy atom. The molecule has 1 aromatic rings. The Bertz CT molecular complexity index is 906. The fourth-order valence-corrected chi connectivity index (χ4v) is 3.11. The Morgan fingerprint density at radius 3 is 2.35 bits per heavy atom.